The second-order valence-electron chi connectivity index (χ2n) is 1.89. The van der Waals surface area contributed by atoms with Gasteiger partial charge >= 0.3 is 0 Å². The van der Waals surface area contributed by atoms with Gasteiger partial charge in [-0.3, -0.25) is 9.36 Å². The Labute approximate surface area is 56.0 Å². The zero-order valence-electron chi connectivity index (χ0n) is 5.06. The van der Waals surface area contributed by atoms with Crippen LogP contribution in [0.25, 0.3) is 0 Å². The summed E-state index contributed by atoms with van der Waals surface area (Å²) in [4.78, 5) is 14.7. The Morgan fingerprint density at radius 1 is 1.60 bits per heavy atom. The molecule has 50 valence electrons. The largest absolute Gasteiger partial charge is 0.269 e. The summed E-state index contributed by atoms with van der Waals surface area (Å²) in [5.74, 6) is 0.396. The third-order valence-electron chi connectivity index (χ3n) is 1.28. The predicted molar refractivity (Wildman–Crippen MR) is 33.0 cm³/mol. The minimum absolute atomic E-state index is 0.102. The minimum atomic E-state index is -0.102. The van der Waals surface area contributed by atoms with Gasteiger partial charge in [-0.15, -0.1) is 5.11 Å². The van der Waals surface area contributed by atoms with Gasteiger partial charge in [0.1, 0.15) is 6.67 Å². The second kappa shape index (κ2) is 1.73. The van der Waals surface area contributed by atoms with E-state index in [1.165, 1.54) is 16.8 Å². The van der Waals surface area contributed by atoms with Crippen molar-refractivity contribution in [3.05, 3.63) is 22.6 Å². The van der Waals surface area contributed by atoms with Crippen LogP contribution in [0.15, 0.2) is 27.3 Å². The van der Waals surface area contributed by atoms with Crippen LogP contribution in [0.3, 0.4) is 0 Å². The van der Waals surface area contributed by atoms with Crippen LogP contribution in [0.2, 0.25) is 0 Å². The molecule has 0 bridgehead atoms. The number of hydrogen-bond donors (Lipinski definition) is 0. The van der Waals surface area contributed by atoms with Crippen molar-refractivity contribution in [1.82, 2.24) is 9.55 Å². The first-order valence-corrected chi connectivity index (χ1v) is 2.81. The molecule has 5 nitrogen and oxygen atoms in total. The van der Waals surface area contributed by atoms with Crippen LogP contribution in [0, 0.1) is 0 Å². The van der Waals surface area contributed by atoms with E-state index in [-0.39, 0.29) is 5.56 Å². The molecule has 0 fully saturated rings. The van der Waals surface area contributed by atoms with Crippen molar-refractivity contribution < 1.29 is 0 Å². The molecule has 2 rings (SSSR count). The van der Waals surface area contributed by atoms with Gasteiger partial charge in [-0.05, 0) is 0 Å². The lowest BCUT2D eigenvalue weighted by molar-refractivity contribution is 0.734. The summed E-state index contributed by atoms with van der Waals surface area (Å²) in [6.07, 6.45) is 1.43. The lowest BCUT2D eigenvalue weighted by atomic mass is 10.6. The van der Waals surface area contributed by atoms with Crippen LogP contribution >= 0.6 is 0 Å². The van der Waals surface area contributed by atoms with E-state index in [1.54, 1.807) is 0 Å². The van der Waals surface area contributed by atoms with Crippen molar-refractivity contribution in [3.63, 3.8) is 0 Å². The van der Waals surface area contributed by atoms with E-state index in [1.807, 2.05) is 0 Å². The summed E-state index contributed by atoms with van der Waals surface area (Å²) in [7, 11) is 0. The highest BCUT2D eigenvalue weighted by molar-refractivity contribution is 5.15. The van der Waals surface area contributed by atoms with Gasteiger partial charge in [-0.25, -0.2) is 4.98 Å². The first kappa shape index (κ1) is 5.28. The fourth-order valence-corrected chi connectivity index (χ4v) is 0.797. The summed E-state index contributed by atoms with van der Waals surface area (Å²) >= 11 is 0. The number of nitrogens with zero attached hydrogens (tertiary/aromatic N) is 4. The molecular formula is C5H4N4O. The molecule has 2 heterocycles. The maximum absolute atomic E-state index is 10.9. The number of azo groups is 1. The summed E-state index contributed by atoms with van der Waals surface area (Å²) in [5.41, 5.74) is -0.102. The van der Waals surface area contributed by atoms with Crippen LogP contribution in [-0.4, -0.2) is 9.55 Å². The van der Waals surface area contributed by atoms with Crippen LogP contribution in [-0.2, 0) is 6.67 Å². The topological polar surface area (TPSA) is 59.6 Å². The number of aromatic nitrogens is 2. The Balaban J connectivity index is 2.77. The molecule has 5 heteroatoms. The van der Waals surface area contributed by atoms with E-state index in [2.05, 4.69) is 15.2 Å². The SMILES string of the molecule is O=c1ccnc2n1CN=N2. The Morgan fingerprint density at radius 3 is 3.30 bits per heavy atom. The molecular weight excluding hydrogens is 132 g/mol. The van der Waals surface area contributed by atoms with Crippen molar-refractivity contribution in [2.45, 2.75) is 6.67 Å². The third-order valence-corrected chi connectivity index (χ3v) is 1.28. The molecule has 0 aromatic carbocycles. The number of fused-ring (bicyclic) bond motifs is 1. The smallest absolute Gasteiger partial charge is 0.256 e. The molecule has 0 N–H and O–H groups in total. The quantitative estimate of drug-likeness (QED) is 0.515. The maximum atomic E-state index is 10.9. The van der Waals surface area contributed by atoms with Gasteiger partial charge < -0.3 is 0 Å². The summed E-state index contributed by atoms with van der Waals surface area (Å²) in [6, 6.07) is 1.39. The Morgan fingerprint density at radius 2 is 2.50 bits per heavy atom. The maximum Gasteiger partial charge on any atom is 0.256 e. The average Bonchev–Trinajstić information content (AvgIpc) is 2.36. The van der Waals surface area contributed by atoms with Crippen molar-refractivity contribution >= 4 is 5.95 Å². The first-order valence-electron chi connectivity index (χ1n) is 2.81. The fourth-order valence-electron chi connectivity index (χ4n) is 0.797. The van der Waals surface area contributed by atoms with E-state index in [0.717, 1.165) is 0 Å². The van der Waals surface area contributed by atoms with Gasteiger partial charge in [0, 0.05) is 12.3 Å². The van der Waals surface area contributed by atoms with Crippen LogP contribution in [0.1, 0.15) is 0 Å². The van der Waals surface area contributed by atoms with E-state index < -0.39 is 0 Å². The van der Waals surface area contributed by atoms with Gasteiger partial charge in [0.15, 0.2) is 0 Å². The molecule has 1 aliphatic rings. The fraction of sp³-hybridized carbons (Fsp3) is 0.200. The highest BCUT2D eigenvalue weighted by Crippen LogP contribution is 2.10. The van der Waals surface area contributed by atoms with E-state index in [0.29, 0.717) is 12.6 Å². The van der Waals surface area contributed by atoms with Crippen molar-refractivity contribution in [2.24, 2.45) is 10.2 Å². The van der Waals surface area contributed by atoms with Gasteiger partial charge in [0.2, 0.25) is 0 Å². The van der Waals surface area contributed by atoms with Gasteiger partial charge in [-0.2, -0.15) is 5.11 Å². The zero-order chi connectivity index (χ0) is 6.97. The zero-order valence-corrected chi connectivity index (χ0v) is 5.06. The summed E-state index contributed by atoms with van der Waals surface area (Å²) < 4.78 is 1.40. The lowest BCUT2D eigenvalue weighted by Crippen LogP contribution is -2.16. The Kier molecular flexibility index (Phi) is 0.913. The second-order valence-corrected chi connectivity index (χ2v) is 1.89. The molecule has 10 heavy (non-hydrogen) atoms. The predicted octanol–water partition coefficient (Wildman–Crippen LogP) is 0.298. The van der Waals surface area contributed by atoms with Crippen LogP contribution in [0.5, 0.6) is 0 Å². The normalized spacial score (nSPS) is 13.6. The molecule has 1 aliphatic heterocycles. The Bertz CT molecular complexity index is 340. The minimum Gasteiger partial charge on any atom is -0.269 e. The van der Waals surface area contributed by atoms with E-state index in [9.17, 15) is 4.79 Å². The molecule has 0 spiro atoms. The molecule has 0 saturated heterocycles. The van der Waals surface area contributed by atoms with Gasteiger partial charge in [-0.1, -0.05) is 0 Å². The van der Waals surface area contributed by atoms with Crippen molar-refractivity contribution in [2.75, 3.05) is 0 Å². The monoisotopic (exact) mass is 136 g/mol. The molecule has 0 amide bonds. The van der Waals surface area contributed by atoms with Crippen molar-refractivity contribution in [1.29, 1.82) is 0 Å². The number of rotatable bonds is 0. The molecule has 0 radical (unpaired) electrons. The van der Waals surface area contributed by atoms with Gasteiger partial charge in [0.05, 0.1) is 0 Å². The molecule has 0 unspecified atom stereocenters. The molecule has 1 aromatic heterocycles. The molecule has 1 aromatic rings. The third kappa shape index (κ3) is 0.570. The molecule has 0 atom stereocenters. The summed E-state index contributed by atoms with van der Waals surface area (Å²) in [6.45, 7) is 0.308. The van der Waals surface area contributed by atoms with Crippen LogP contribution < -0.4 is 5.56 Å². The van der Waals surface area contributed by atoms with Crippen LogP contribution in [0.4, 0.5) is 5.95 Å². The Hall–Kier alpha value is -1.52. The first-order chi connectivity index (χ1) is 4.88. The molecule has 0 saturated carbocycles. The van der Waals surface area contributed by atoms with E-state index >= 15 is 0 Å². The average molecular weight is 136 g/mol. The standard InChI is InChI=1S/C5H4N4O/c10-4-1-2-6-5-8-7-3-9(4)5/h1-2H,3H2. The highest BCUT2D eigenvalue weighted by Gasteiger charge is 2.07. The van der Waals surface area contributed by atoms with E-state index in [4.69, 9.17) is 0 Å². The lowest BCUT2D eigenvalue weighted by Gasteiger charge is -1.93. The highest BCUT2D eigenvalue weighted by atomic mass is 16.1. The van der Waals surface area contributed by atoms with Crippen molar-refractivity contribution in [3.8, 4) is 0 Å². The molecule has 0 aliphatic carbocycles. The number of hydrogen-bond acceptors (Lipinski definition) is 4. The summed E-state index contributed by atoms with van der Waals surface area (Å²) in [5, 5.41) is 7.27. The van der Waals surface area contributed by atoms with Gasteiger partial charge in [0.25, 0.3) is 11.5 Å².